The van der Waals surface area contributed by atoms with Crippen molar-refractivity contribution in [3.05, 3.63) is 108 Å². The quantitative estimate of drug-likeness (QED) is 0.123. The van der Waals surface area contributed by atoms with Gasteiger partial charge in [0.15, 0.2) is 0 Å². The molecule has 2 bridgehead atoms. The minimum absolute atomic E-state index is 0. The van der Waals surface area contributed by atoms with E-state index in [1.165, 1.54) is 54.0 Å². The van der Waals surface area contributed by atoms with Crippen molar-refractivity contribution in [2.24, 2.45) is 23.2 Å². The zero-order chi connectivity index (χ0) is 35.0. The Morgan fingerprint density at radius 1 is 0.863 bits per heavy atom. The van der Waals surface area contributed by atoms with Crippen molar-refractivity contribution in [3.63, 3.8) is 0 Å². The number of rotatable bonds is 6. The summed E-state index contributed by atoms with van der Waals surface area (Å²) in [5, 5.41) is 2.13. The van der Waals surface area contributed by atoms with Crippen LogP contribution in [0.2, 0.25) is 17.3 Å². The predicted molar refractivity (Wildman–Crippen MR) is 210 cm³/mol. The monoisotopic (exact) mass is 916 g/mol. The van der Waals surface area contributed by atoms with Crippen molar-refractivity contribution < 1.29 is 24.5 Å². The molecule has 4 aromatic heterocycles. The molecule has 1 atom stereocenters. The molecule has 4 heterocycles. The van der Waals surface area contributed by atoms with E-state index >= 15 is 0 Å². The third-order valence-corrected chi connectivity index (χ3v) is 15.0. The molecule has 0 N–H and O–H groups in total. The summed E-state index contributed by atoms with van der Waals surface area (Å²) in [6.07, 6.45) is 13.6. The molecule has 267 valence electrons. The fourth-order valence-electron chi connectivity index (χ4n) is 8.25. The van der Waals surface area contributed by atoms with Gasteiger partial charge in [-0.05, 0) is 74.3 Å². The molecule has 6 heteroatoms. The number of pyridine rings is 3. The van der Waals surface area contributed by atoms with E-state index in [2.05, 4.69) is 103 Å². The zero-order valence-corrected chi connectivity index (χ0v) is 35.8. The van der Waals surface area contributed by atoms with E-state index in [-0.39, 0.29) is 20.1 Å². The minimum atomic E-state index is -1.90. The van der Waals surface area contributed by atoms with Gasteiger partial charge in [-0.2, -0.15) is 0 Å². The zero-order valence-electron chi connectivity index (χ0n) is 31.3. The molecule has 1 unspecified atom stereocenters. The van der Waals surface area contributed by atoms with Crippen LogP contribution < -0.4 is 4.40 Å². The average Bonchev–Trinajstić information content (AvgIpc) is 3.45. The number of aryl methyl sites for hydroxylation is 1. The van der Waals surface area contributed by atoms with E-state index in [1.54, 1.807) is 0 Å². The van der Waals surface area contributed by atoms with E-state index in [9.17, 15) is 0 Å². The van der Waals surface area contributed by atoms with Gasteiger partial charge in [-0.25, -0.2) is 4.98 Å². The van der Waals surface area contributed by atoms with Gasteiger partial charge < -0.3 is 9.40 Å². The standard InChI is InChI=1S/C26H25N2O.C19H26GeN.Ir/c1-16-2-8-22-23-15-20(7-9-25(23)29-26(22)28-16)24-14-18(10-11-27-24)13-21-12-17-3-5-19(21)6-4-17;1-19(2,3)13-16-12-18(15-10-8-7-9-11-15)21-14-17(16)20(4,5)6;/h2,8-11,14-15,17,19,21H,3-6,12-13H2,1H3;7-10,12,14H,13H2,1-6H3;/q2*-1;. The van der Waals surface area contributed by atoms with Crippen LogP contribution in [-0.2, 0) is 32.9 Å². The first-order valence-corrected chi connectivity index (χ1v) is 25.9. The van der Waals surface area contributed by atoms with Crippen LogP contribution in [0.15, 0.2) is 83.5 Å². The van der Waals surface area contributed by atoms with Crippen molar-refractivity contribution in [1.82, 2.24) is 15.0 Å². The van der Waals surface area contributed by atoms with Gasteiger partial charge in [0.1, 0.15) is 0 Å². The van der Waals surface area contributed by atoms with Crippen LogP contribution >= 0.6 is 0 Å². The number of nitrogens with zero attached hydrogens (tertiary/aromatic N) is 3. The summed E-state index contributed by atoms with van der Waals surface area (Å²) in [5.41, 5.74) is 9.83. The van der Waals surface area contributed by atoms with Crippen molar-refractivity contribution >= 4 is 39.7 Å². The van der Waals surface area contributed by atoms with E-state index < -0.39 is 13.3 Å². The molecule has 0 aliphatic heterocycles. The molecule has 3 fully saturated rings. The normalized spacial score (nSPS) is 18.7. The van der Waals surface area contributed by atoms with Crippen LogP contribution in [0.3, 0.4) is 0 Å². The molecular weight excluding hydrogens is 863 g/mol. The Bertz CT molecular complexity index is 2100. The summed E-state index contributed by atoms with van der Waals surface area (Å²) in [6, 6.07) is 29.7. The molecule has 51 heavy (non-hydrogen) atoms. The number of hydrogen-bond donors (Lipinski definition) is 0. The number of aromatic nitrogens is 3. The summed E-state index contributed by atoms with van der Waals surface area (Å²) in [6.45, 7) is 8.90. The fraction of sp³-hybridized carbons (Fsp3) is 0.400. The van der Waals surface area contributed by atoms with Crippen molar-refractivity contribution in [2.75, 3.05) is 0 Å². The largest absolute Gasteiger partial charge is 0.486 e. The maximum Gasteiger partial charge on any atom is 0.216 e. The summed E-state index contributed by atoms with van der Waals surface area (Å²) in [5.74, 6) is 10.1. The Morgan fingerprint density at radius 2 is 1.65 bits per heavy atom. The molecule has 1 radical (unpaired) electrons. The number of benzene rings is 2. The molecule has 0 spiro atoms. The molecule has 6 aromatic rings. The predicted octanol–water partition coefficient (Wildman–Crippen LogP) is 11.2. The number of hydrogen-bond acceptors (Lipinski definition) is 4. The maximum absolute atomic E-state index is 5.91. The molecular formula is C45H51GeIrN3O-2. The Hall–Kier alpha value is -3.12. The first kappa shape index (κ1) is 37.6. The second-order valence-corrected chi connectivity index (χ2v) is 27.6. The molecule has 0 saturated heterocycles. The Morgan fingerprint density at radius 3 is 2.33 bits per heavy atom. The van der Waals surface area contributed by atoms with E-state index in [0.717, 1.165) is 68.7 Å². The molecule has 2 aromatic carbocycles. The molecule has 4 nitrogen and oxygen atoms in total. The Kier molecular flexibility index (Phi) is 11.4. The van der Waals surface area contributed by atoms with Crippen LogP contribution in [0, 0.1) is 42.2 Å². The van der Waals surface area contributed by atoms with Gasteiger partial charge in [0.2, 0.25) is 5.71 Å². The molecule has 3 saturated carbocycles. The van der Waals surface area contributed by atoms with Gasteiger partial charge in [-0.15, -0.1) is 23.8 Å². The van der Waals surface area contributed by atoms with Crippen LogP contribution in [0.5, 0.6) is 0 Å². The Labute approximate surface area is 321 Å². The van der Waals surface area contributed by atoms with Gasteiger partial charge in [0.25, 0.3) is 0 Å². The first-order chi connectivity index (χ1) is 23.9. The summed E-state index contributed by atoms with van der Waals surface area (Å²) < 4.78 is 7.45. The van der Waals surface area contributed by atoms with Crippen molar-refractivity contribution in [2.45, 2.75) is 89.9 Å². The van der Waals surface area contributed by atoms with Crippen molar-refractivity contribution in [1.29, 1.82) is 0 Å². The van der Waals surface area contributed by atoms with Gasteiger partial charge >= 0.3 is 132 Å². The van der Waals surface area contributed by atoms with E-state index in [0.29, 0.717) is 11.1 Å². The van der Waals surface area contributed by atoms with Crippen LogP contribution in [0.1, 0.15) is 69.7 Å². The average molecular weight is 915 g/mol. The van der Waals surface area contributed by atoms with Gasteiger partial charge in [-0.3, -0.25) is 0 Å². The number of fused-ring (bicyclic) bond motifs is 6. The summed E-state index contributed by atoms with van der Waals surface area (Å²) >= 11 is -1.90. The third kappa shape index (κ3) is 8.92. The molecule has 3 aliphatic rings. The molecule has 9 rings (SSSR count). The summed E-state index contributed by atoms with van der Waals surface area (Å²) in [4.78, 5) is 13.9. The van der Waals surface area contributed by atoms with E-state index in [4.69, 9.17) is 9.40 Å². The maximum atomic E-state index is 5.91. The summed E-state index contributed by atoms with van der Waals surface area (Å²) in [7, 11) is 0. The van der Waals surface area contributed by atoms with Gasteiger partial charge in [0.05, 0.1) is 5.58 Å². The fourth-order valence-corrected chi connectivity index (χ4v) is 11.6. The van der Waals surface area contributed by atoms with Crippen LogP contribution in [-0.4, -0.2) is 28.2 Å². The first-order valence-electron chi connectivity index (χ1n) is 18.5. The SMILES string of the molecule is CC(C)(C)Cc1cc(-c2[c-]cccc2)nc[c]1[Ge]([CH3])([CH3])[CH3].Cc1ccc2c(n1)oc1c[c-]c(-c3cc(CC4CC5CCC4CC5)ccn3)cc12.[Ir]. The molecule has 3 aliphatic carbocycles. The third-order valence-electron chi connectivity index (χ3n) is 10.7. The van der Waals surface area contributed by atoms with Crippen molar-refractivity contribution in [3.8, 4) is 22.5 Å². The Balaban J connectivity index is 0.000000182. The van der Waals surface area contributed by atoms with E-state index in [1.807, 2.05) is 43.5 Å². The van der Waals surface area contributed by atoms with Crippen LogP contribution in [0.25, 0.3) is 44.6 Å². The molecule has 0 amide bonds. The second kappa shape index (κ2) is 15.5. The second-order valence-electron chi connectivity index (χ2n) is 17.1. The van der Waals surface area contributed by atoms with Gasteiger partial charge in [0, 0.05) is 37.4 Å². The smallest absolute Gasteiger partial charge is 0.216 e. The number of furan rings is 1. The van der Waals surface area contributed by atoms with Crippen LogP contribution in [0.4, 0.5) is 0 Å². The minimum Gasteiger partial charge on any atom is -0.486 e. The topological polar surface area (TPSA) is 51.8 Å². The van der Waals surface area contributed by atoms with Gasteiger partial charge in [-0.1, -0.05) is 29.9 Å².